The molecule has 27 heavy (non-hydrogen) atoms. The lowest BCUT2D eigenvalue weighted by atomic mass is 9.89. The molecule has 0 aliphatic rings. The van der Waals surface area contributed by atoms with Gasteiger partial charge in [0.15, 0.2) is 5.78 Å². The molecule has 0 fully saturated rings. The first-order valence-electron chi connectivity index (χ1n) is 9.65. The van der Waals surface area contributed by atoms with Gasteiger partial charge in [-0.05, 0) is 30.0 Å². The molecule has 142 valence electrons. The zero-order valence-corrected chi connectivity index (χ0v) is 16.2. The number of carboxylic acid groups (broad SMARTS) is 1. The van der Waals surface area contributed by atoms with Crippen LogP contribution in [0.1, 0.15) is 72.2 Å². The van der Waals surface area contributed by atoms with Gasteiger partial charge in [0.1, 0.15) is 0 Å². The van der Waals surface area contributed by atoms with Gasteiger partial charge in [-0.3, -0.25) is 4.79 Å². The van der Waals surface area contributed by atoms with E-state index in [1.807, 2.05) is 36.4 Å². The highest BCUT2D eigenvalue weighted by Crippen LogP contribution is 2.25. The van der Waals surface area contributed by atoms with Crippen LogP contribution in [-0.2, 0) is 0 Å². The first-order chi connectivity index (χ1) is 13.0. The van der Waals surface area contributed by atoms with Gasteiger partial charge in [0.05, 0.1) is 5.56 Å². The highest BCUT2D eigenvalue weighted by atomic mass is 16.4. The Balaban J connectivity index is 2.33. The van der Waals surface area contributed by atoms with Gasteiger partial charge < -0.3 is 5.11 Å². The zero-order valence-electron chi connectivity index (χ0n) is 16.2. The number of Topliss-reactive ketones (excluding diaryl/α,β-unsaturated/α-hetero) is 1. The molecule has 1 atom stereocenters. The van der Waals surface area contributed by atoms with E-state index in [0.29, 0.717) is 17.9 Å². The quantitative estimate of drug-likeness (QED) is 0.308. The van der Waals surface area contributed by atoms with Gasteiger partial charge in [0, 0.05) is 11.1 Å². The molecule has 3 nitrogen and oxygen atoms in total. The predicted molar refractivity (Wildman–Crippen MR) is 110 cm³/mol. The van der Waals surface area contributed by atoms with E-state index in [2.05, 4.69) is 13.8 Å². The van der Waals surface area contributed by atoms with Crippen molar-refractivity contribution in [1.82, 2.24) is 0 Å². The van der Waals surface area contributed by atoms with Gasteiger partial charge >= 0.3 is 5.97 Å². The summed E-state index contributed by atoms with van der Waals surface area (Å²) in [5.41, 5.74) is 1.93. The van der Waals surface area contributed by atoms with Crippen molar-refractivity contribution in [2.24, 2.45) is 5.92 Å². The SMILES string of the molecule is CCCCCC(C)CC(=Cc1ccccc1)C(=O)c1ccccc1C(=O)O. The fourth-order valence-electron chi connectivity index (χ4n) is 3.23. The molecule has 0 spiro atoms. The number of carboxylic acids is 1. The number of hydrogen-bond acceptors (Lipinski definition) is 2. The molecule has 0 aliphatic carbocycles. The fourth-order valence-corrected chi connectivity index (χ4v) is 3.23. The van der Waals surface area contributed by atoms with Gasteiger partial charge in [0.25, 0.3) is 0 Å². The number of aromatic carboxylic acids is 1. The first kappa shape index (κ1) is 20.6. The Bertz CT molecular complexity index is 790. The van der Waals surface area contributed by atoms with E-state index >= 15 is 0 Å². The summed E-state index contributed by atoms with van der Waals surface area (Å²) >= 11 is 0. The second-order valence-electron chi connectivity index (χ2n) is 7.07. The molecule has 0 saturated heterocycles. The van der Waals surface area contributed by atoms with Crippen molar-refractivity contribution in [2.75, 3.05) is 0 Å². The van der Waals surface area contributed by atoms with Crippen molar-refractivity contribution >= 4 is 17.8 Å². The zero-order chi connectivity index (χ0) is 19.6. The van der Waals surface area contributed by atoms with Crippen molar-refractivity contribution in [1.29, 1.82) is 0 Å². The van der Waals surface area contributed by atoms with Crippen molar-refractivity contribution in [3.8, 4) is 0 Å². The minimum Gasteiger partial charge on any atom is -0.478 e. The Morgan fingerprint density at radius 1 is 0.963 bits per heavy atom. The molecule has 2 aromatic carbocycles. The van der Waals surface area contributed by atoms with Crippen molar-refractivity contribution in [2.45, 2.75) is 46.0 Å². The van der Waals surface area contributed by atoms with Crippen LogP contribution in [0.5, 0.6) is 0 Å². The summed E-state index contributed by atoms with van der Waals surface area (Å²) in [5.74, 6) is -0.902. The fraction of sp³-hybridized carbons (Fsp3) is 0.333. The number of ketones is 1. The molecule has 0 aromatic heterocycles. The molecule has 0 saturated carbocycles. The third-order valence-corrected chi connectivity index (χ3v) is 4.70. The Kier molecular flexibility index (Phi) is 8.00. The number of allylic oxidation sites excluding steroid dienone is 1. The molecule has 1 unspecified atom stereocenters. The molecule has 1 N–H and O–H groups in total. The lowest BCUT2D eigenvalue weighted by Crippen LogP contribution is -2.12. The van der Waals surface area contributed by atoms with Crippen LogP contribution in [0.3, 0.4) is 0 Å². The second-order valence-corrected chi connectivity index (χ2v) is 7.07. The van der Waals surface area contributed by atoms with Gasteiger partial charge in [-0.2, -0.15) is 0 Å². The first-order valence-corrected chi connectivity index (χ1v) is 9.65. The van der Waals surface area contributed by atoms with Crippen molar-refractivity contribution in [3.05, 3.63) is 76.9 Å². The molecule has 0 amide bonds. The Morgan fingerprint density at radius 2 is 1.59 bits per heavy atom. The minimum atomic E-state index is -1.07. The highest BCUT2D eigenvalue weighted by molar-refractivity contribution is 6.15. The van der Waals surface area contributed by atoms with E-state index < -0.39 is 5.97 Å². The number of rotatable bonds is 10. The summed E-state index contributed by atoms with van der Waals surface area (Å²) in [5, 5.41) is 9.44. The molecule has 3 heteroatoms. The Morgan fingerprint density at radius 3 is 2.22 bits per heavy atom. The van der Waals surface area contributed by atoms with Crippen LogP contribution in [0.15, 0.2) is 60.2 Å². The average molecular weight is 364 g/mol. The third-order valence-electron chi connectivity index (χ3n) is 4.70. The van der Waals surface area contributed by atoms with Gasteiger partial charge in [-0.1, -0.05) is 88.1 Å². The van der Waals surface area contributed by atoms with Crippen LogP contribution in [0, 0.1) is 5.92 Å². The van der Waals surface area contributed by atoms with E-state index in [1.165, 1.54) is 18.9 Å². The summed E-state index contributed by atoms with van der Waals surface area (Å²) in [6.45, 7) is 4.34. The number of hydrogen-bond donors (Lipinski definition) is 1. The second kappa shape index (κ2) is 10.5. The van der Waals surface area contributed by atoms with Gasteiger partial charge in [-0.25, -0.2) is 4.79 Å². The number of carbonyl (C=O) groups is 2. The van der Waals surface area contributed by atoms with Crippen LogP contribution in [0.2, 0.25) is 0 Å². The van der Waals surface area contributed by atoms with Crippen LogP contribution in [0.4, 0.5) is 0 Å². The normalized spacial score (nSPS) is 12.6. The maximum Gasteiger partial charge on any atom is 0.336 e. The molecule has 0 aliphatic heterocycles. The molecular formula is C24H28O3. The maximum absolute atomic E-state index is 13.2. The topological polar surface area (TPSA) is 54.4 Å². The average Bonchev–Trinajstić information content (AvgIpc) is 2.68. The van der Waals surface area contributed by atoms with E-state index in [1.54, 1.807) is 18.2 Å². The Labute approximate surface area is 161 Å². The smallest absolute Gasteiger partial charge is 0.336 e. The van der Waals surface area contributed by atoms with Crippen molar-refractivity contribution < 1.29 is 14.7 Å². The summed E-state index contributed by atoms with van der Waals surface area (Å²) in [6.07, 6.45) is 7.12. The van der Waals surface area contributed by atoms with Crippen LogP contribution in [-0.4, -0.2) is 16.9 Å². The lowest BCUT2D eigenvalue weighted by Gasteiger charge is -2.15. The number of carbonyl (C=O) groups excluding carboxylic acids is 1. The molecule has 0 radical (unpaired) electrons. The largest absolute Gasteiger partial charge is 0.478 e. The lowest BCUT2D eigenvalue weighted by molar-refractivity contribution is 0.0692. The van der Waals surface area contributed by atoms with Crippen LogP contribution < -0.4 is 0 Å². The van der Waals surface area contributed by atoms with Crippen LogP contribution >= 0.6 is 0 Å². The summed E-state index contributed by atoms with van der Waals surface area (Å²) in [4.78, 5) is 24.7. The summed E-state index contributed by atoms with van der Waals surface area (Å²) in [6, 6.07) is 16.2. The highest BCUT2D eigenvalue weighted by Gasteiger charge is 2.20. The monoisotopic (exact) mass is 364 g/mol. The summed E-state index contributed by atoms with van der Waals surface area (Å²) < 4.78 is 0. The van der Waals surface area contributed by atoms with Crippen LogP contribution in [0.25, 0.3) is 6.08 Å². The molecule has 0 heterocycles. The third kappa shape index (κ3) is 6.21. The molecule has 2 rings (SSSR count). The Hall–Kier alpha value is -2.68. The predicted octanol–water partition coefficient (Wildman–Crippen LogP) is 6.26. The molecule has 0 bridgehead atoms. The van der Waals surface area contributed by atoms with E-state index in [4.69, 9.17) is 0 Å². The number of unbranched alkanes of at least 4 members (excludes halogenated alkanes) is 2. The minimum absolute atomic E-state index is 0.0556. The van der Waals surface area contributed by atoms with Crippen molar-refractivity contribution in [3.63, 3.8) is 0 Å². The standard InChI is InChI=1S/C24H28O3/c1-3-4-6-11-18(2)16-20(17-19-12-7-5-8-13-19)23(25)21-14-9-10-15-22(21)24(26)27/h5,7-10,12-15,17-18H,3-4,6,11,16H2,1-2H3,(H,26,27). The maximum atomic E-state index is 13.2. The van der Waals surface area contributed by atoms with E-state index in [-0.39, 0.29) is 16.9 Å². The number of benzene rings is 2. The summed E-state index contributed by atoms with van der Waals surface area (Å²) in [7, 11) is 0. The van der Waals surface area contributed by atoms with Gasteiger partial charge in [0.2, 0.25) is 0 Å². The van der Waals surface area contributed by atoms with E-state index in [0.717, 1.165) is 18.4 Å². The van der Waals surface area contributed by atoms with Gasteiger partial charge in [-0.15, -0.1) is 0 Å². The molecule has 2 aromatic rings. The molecular weight excluding hydrogens is 336 g/mol. The van der Waals surface area contributed by atoms with E-state index in [9.17, 15) is 14.7 Å².